The van der Waals surface area contributed by atoms with Gasteiger partial charge < -0.3 is 10.2 Å². The van der Waals surface area contributed by atoms with Gasteiger partial charge in [0.25, 0.3) is 0 Å². The first-order valence-corrected chi connectivity index (χ1v) is 5.04. The van der Waals surface area contributed by atoms with Gasteiger partial charge >= 0.3 is 5.97 Å². The quantitative estimate of drug-likeness (QED) is 0.772. The predicted octanol–water partition coefficient (Wildman–Crippen LogP) is 1.58. The number of carbonyl (C=O) groups is 1. The van der Waals surface area contributed by atoms with Crippen LogP contribution in [0, 0.1) is 0 Å². The molecule has 0 aromatic heterocycles. The number of hydrogen-bond donors (Lipinski definition) is 2. The zero-order valence-corrected chi connectivity index (χ0v) is 8.66. The molecule has 2 N–H and O–H groups in total. The van der Waals surface area contributed by atoms with E-state index < -0.39 is 5.97 Å². The zero-order chi connectivity index (χ0) is 11.1. The number of benzene rings is 1. The number of hydrogen-bond acceptors (Lipinski definition) is 2. The Morgan fingerprint density at radius 2 is 2.27 bits per heavy atom. The Morgan fingerprint density at radius 3 is 2.87 bits per heavy atom. The van der Waals surface area contributed by atoms with Gasteiger partial charge in [-0.25, -0.2) is 4.79 Å². The summed E-state index contributed by atoms with van der Waals surface area (Å²) in [6.45, 7) is 2.05. The minimum atomic E-state index is -0.912. The van der Waals surface area contributed by atoms with Crippen LogP contribution in [0.3, 0.4) is 0 Å². The van der Waals surface area contributed by atoms with Gasteiger partial charge in [-0.15, -0.1) is 0 Å². The summed E-state index contributed by atoms with van der Waals surface area (Å²) in [4.78, 5) is 10.8. The topological polar surface area (TPSA) is 57.5 Å². The smallest absolute Gasteiger partial charge is 0.335 e. The number of rotatable bonds is 2. The molecule has 0 heterocycles. The van der Waals surface area contributed by atoms with Crippen molar-refractivity contribution < 1.29 is 15.0 Å². The van der Waals surface area contributed by atoms with E-state index in [0.717, 1.165) is 24.0 Å². The Kier molecular flexibility index (Phi) is 2.27. The molecule has 3 heteroatoms. The van der Waals surface area contributed by atoms with Crippen molar-refractivity contribution in [3.05, 3.63) is 34.9 Å². The van der Waals surface area contributed by atoms with Crippen LogP contribution in [0.5, 0.6) is 0 Å². The SMILES string of the molecule is C[C@]1(CO)CCc2ccc(C(=O)O)cc21. The number of aliphatic hydroxyl groups is 1. The zero-order valence-electron chi connectivity index (χ0n) is 8.66. The van der Waals surface area contributed by atoms with Gasteiger partial charge in [-0.05, 0) is 36.1 Å². The summed E-state index contributed by atoms with van der Waals surface area (Å²) in [6.07, 6.45) is 1.81. The number of aliphatic hydroxyl groups excluding tert-OH is 1. The summed E-state index contributed by atoms with van der Waals surface area (Å²) >= 11 is 0. The third kappa shape index (κ3) is 1.53. The van der Waals surface area contributed by atoms with Crippen molar-refractivity contribution in [2.45, 2.75) is 25.2 Å². The fraction of sp³-hybridized carbons (Fsp3) is 0.417. The summed E-state index contributed by atoms with van der Waals surface area (Å²) in [7, 11) is 0. The van der Waals surface area contributed by atoms with Crippen LogP contribution >= 0.6 is 0 Å². The highest BCUT2D eigenvalue weighted by atomic mass is 16.4. The molecule has 1 aliphatic carbocycles. The van der Waals surface area contributed by atoms with Crippen LogP contribution in [0.4, 0.5) is 0 Å². The molecule has 0 amide bonds. The Bertz CT molecular complexity index is 411. The van der Waals surface area contributed by atoms with Crippen molar-refractivity contribution in [2.75, 3.05) is 6.61 Å². The van der Waals surface area contributed by atoms with Gasteiger partial charge in [-0.2, -0.15) is 0 Å². The maximum absolute atomic E-state index is 10.8. The fourth-order valence-corrected chi connectivity index (χ4v) is 2.20. The van der Waals surface area contributed by atoms with Crippen LogP contribution in [0.25, 0.3) is 0 Å². The summed E-state index contributed by atoms with van der Waals surface area (Å²) in [5.74, 6) is -0.912. The Labute approximate surface area is 88.4 Å². The maximum atomic E-state index is 10.8. The van der Waals surface area contributed by atoms with Gasteiger partial charge in [0.1, 0.15) is 0 Å². The Hall–Kier alpha value is -1.35. The molecular formula is C12H14O3. The van der Waals surface area contributed by atoms with E-state index in [1.54, 1.807) is 12.1 Å². The molecule has 1 aromatic rings. The highest BCUT2D eigenvalue weighted by Crippen LogP contribution is 2.38. The van der Waals surface area contributed by atoms with E-state index >= 15 is 0 Å². The van der Waals surface area contributed by atoms with Gasteiger partial charge in [-0.3, -0.25) is 0 Å². The molecule has 0 aliphatic heterocycles. The normalized spacial score (nSPS) is 23.9. The van der Waals surface area contributed by atoms with Crippen molar-refractivity contribution in [3.63, 3.8) is 0 Å². The van der Waals surface area contributed by atoms with E-state index in [1.165, 1.54) is 0 Å². The van der Waals surface area contributed by atoms with Gasteiger partial charge in [0.15, 0.2) is 0 Å². The molecule has 1 aliphatic rings. The second-order valence-electron chi connectivity index (χ2n) is 4.40. The van der Waals surface area contributed by atoms with Crippen molar-refractivity contribution in [3.8, 4) is 0 Å². The first kappa shape index (κ1) is 10.2. The molecule has 0 saturated heterocycles. The lowest BCUT2D eigenvalue weighted by Crippen LogP contribution is -2.23. The van der Waals surface area contributed by atoms with E-state index in [9.17, 15) is 9.90 Å². The lowest BCUT2D eigenvalue weighted by molar-refractivity contribution is 0.0696. The van der Waals surface area contributed by atoms with Crippen LogP contribution < -0.4 is 0 Å². The molecule has 15 heavy (non-hydrogen) atoms. The number of aromatic carboxylic acids is 1. The van der Waals surface area contributed by atoms with Gasteiger partial charge in [0, 0.05) is 5.41 Å². The van der Waals surface area contributed by atoms with Crippen molar-refractivity contribution in [2.24, 2.45) is 0 Å². The van der Waals surface area contributed by atoms with E-state index in [2.05, 4.69) is 0 Å². The average Bonchev–Trinajstić information content (AvgIpc) is 2.57. The number of carboxylic acids is 1. The first-order chi connectivity index (χ1) is 7.07. The van der Waals surface area contributed by atoms with Crippen molar-refractivity contribution >= 4 is 5.97 Å². The summed E-state index contributed by atoms with van der Waals surface area (Å²) in [5.41, 5.74) is 2.19. The van der Waals surface area contributed by atoms with E-state index in [-0.39, 0.29) is 12.0 Å². The largest absolute Gasteiger partial charge is 0.478 e. The second-order valence-corrected chi connectivity index (χ2v) is 4.40. The lowest BCUT2D eigenvalue weighted by Gasteiger charge is -2.22. The van der Waals surface area contributed by atoms with Crippen LogP contribution in [-0.4, -0.2) is 22.8 Å². The molecule has 0 saturated carbocycles. The predicted molar refractivity (Wildman–Crippen MR) is 56.2 cm³/mol. The van der Waals surface area contributed by atoms with E-state index in [1.807, 2.05) is 13.0 Å². The lowest BCUT2D eigenvalue weighted by atomic mass is 9.84. The van der Waals surface area contributed by atoms with Gasteiger partial charge in [0.2, 0.25) is 0 Å². The fourth-order valence-electron chi connectivity index (χ4n) is 2.20. The van der Waals surface area contributed by atoms with Crippen LogP contribution in [0.2, 0.25) is 0 Å². The molecule has 80 valence electrons. The molecule has 1 aromatic carbocycles. The molecule has 0 radical (unpaired) electrons. The third-order valence-electron chi connectivity index (χ3n) is 3.30. The van der Waals surface area contributed by atoms with Crippen molar-refractivity contribution in [1.82, 2.24) is 0 Å². The number of fused-ring (bicyclic) bond motifs is 1. The molecule has 0 bridgehead atoms. The van der Waals surface area contributed by atoms with Crippen LogP contribution in [0.1, 0.15) is 34.8 Å². The highest BCUT2D eigenvalue weighted by Gasteiger charge is 2.34. The third-order valence-corrected chi connectivity index (χ3v) is 3.30. The standard InChI is InChI=1S/C12H14O3/c1-12(7-13)5-4-8-2-3-9(11(14)15)6-10(8)12/h2-3,6,13H,4-5,7H2,1H3,(H,14,15)/t12-/m1/s1. The second kappa shape index (κ2) is 3.35. The minimum absolute atomic E-state index is 0.0725. The van der Waals surface area contributed by atoms with Crippen LogP contribution in [0.15, 0.2) is 18.2 Å². The Morgan fingerprint density at radius 1 is 1.53 bits per heavy atom. The molecule has 1 atom stereocenters. The highest BCUT2D eigenvalue weighted by molar-refractivity contribution is 5.88. The molecule has 0 spiro atoms. The molecule has 2 rings (SSSR count). The molecular weight excluding hydrogens is 192 g/mol. The summed E-state index contributed by atoms with van der Waals surface area (Å²) < 4.78 is 0. The maximum Gasteiger partial charge on any atom is 0.335 e. The van der Waals surface area contributed by atoms with Gasteiger partial charge in [0.05, 0.1) is 12.2 Å². The van der Waals surface area contributed by atoms with E-state index in [4.69, 9.17) is 5.11 Å². The van der Waals surface area contributed by atoms with Crippen molar-refractivity contribution in [1.29, 1.82) is 0 Å². The van der Waals surface area contributed by atoms with Gasteiger partial charge in [-0.1, -0.05) is 13.0 Å². The first-order valence-electron chi connectivity index (χ1n) is 5.04. The summed E-state index contributed by atoms with van der Waals surface area (Å²) in [5, 5.41) is 18.3. The average molecular weight is 206 g/mol. The Balaban J connectivity index is 2.51. The molecule has 0 fully saturated rings. The van der Waals surface area contributed by atoms with Crippen LogP contribution in [-0.2, 0) is 11.8 Å². The molecule has 3 nitrogen and oxygen atoms in total. The van der Waals surface area contributed by atoms with E-state index in [0.29, 0.717) is 5.56 Å². The monoisotopic (exact) mass is 206 g/mol. The molecule has 0 unspecified atom stereocenters. The number of aryl methyl sites for hydroxylation is 1. The number of carboxylic acid groups (broad SMARTS) is 1. The summed E-state index contributed by atoms with van der Waals surface area (Å²) in [6, 6.07) is 5.19. The minimum Gasteiger partial charge on any atom is -0.478 e.